The Bertz CT molecular complexity index is 1370. The quantitative estimate of drug-likeness (QED) is 0.415. The van der Waals surface area contributed by atoms with Gasteiger partial charge in [-0.15, -0.1) is 0 Å². The Morgan fingerprint density at radius 2 is 1.70 bits per heavy atom. The van der Waals surface area contributed by atoms with Gasteiger partial charge in [-0.05, 0) is 0 Å². The molecule has 0 aromatic heterocycles. The van der Waals surface area contributed by atoms with Crippen molar-refractivity contribution in [2.75, 3.05) is 0 Å². The van der Waals surface area contributed by atoms with Crippen LogP contribution in [0.3, 0.4) is 0 Å². The number of hydrogen-bond donors (Lipinski definition) is 0. The second-order valence-corrected chi connectivity index (χ2v) is 21.1. The fourth-order valence-electron chi connectivity index (χ4n) is 4.98. The van der Waals surface area contributed by atoms with Crippen molar-refractivity contribution >= 4 is 37.0 Å². The van der Waals surface area contributed by atoms with Crippen LogP contribution in [-0.2, 0) is 24.7 Å². The summed E-state index contributed by atoms with van der Waals surface area (Å²) in [7, 11) is -3.39. The van der Waals surface area contributed by atoms with Crippen molar-refractivity contribution in [3.63, 3.8) is 0 Å². The first-order valence-electron chi connectivity index (χ1n) is 11.3. The van der Waals surface area contributed by atoms with Crippen molar-refractivity contribution in [3.05, 3.63) is 74.0 Å². The van der Waals surface area contributed by atoms with Crippen LogP contribution in [0.4, 0.5) is 0 Å². The Kier molecular flexibility index (Phi) is 8.79. The van der Waals surface area contributed by atoms with Gasteiger partial charge in [0.05, 0.1) is 0 Å². The molecule has 4 rings (SSSR count). The Hall–Kier alpha value is -0.643. The van der Waals surface area contributed by atoms with Crippen molar-refractivity contribution in [2.24, 2.45) is 0 Å². The fraction of sp³-hybridized carbons (Fsp3) is 0.333. The first-order valence-corrected chi connectivity index (χ1v) is 19.1. The van der Waals surface area contributed by atoms with Crippen molar-refractivity contribution in [1.29, 1.82) is 0 Å². The minimum Gasteiger partial charge on any atom is -1.00 e. The van der Waals surface area contributed by atoms with Gasteiger partial charge < -0.3 is 24.8 Å². The summed E-state index contributed by atoms with van der Waals surface area (Å²) in [5.74, 6) is 1.08. The van der Waals surface area contributed by atoms with E-state index < -0.39 is 16.4 Å². The SMILES string of the molecule is C=c1c(C)c([Si](C)(C)CC)c2c(c1C1=CC=CC1)[C]([Zr+2])=c1cccc(O[Si](C)(C)C)c1=2.[Cl-].[Cl-]. The molecule has 0 radical (unpaired) electrons. The molecular formula is C27H33Cl2OSi2Zr. The normalized spacial score (nSPS) is 14.3. The van der Waals surface area contributed by atoms with Crippen LogP contribution in [0, 0.1) is 17.4 Å². The second-order valence-electron chi connectivity index (χ2n) is 10.4. The molecule has 2 aromatic carbocycles. The van der Waals surface area contributed by atoms with Crippen LogP contribution in [0.1, 0.15) is 30.0 Å². The summed E-state index contributed by atoms with van der Waals surface area (Å²) in [5, 5.41) is 7.03. The van der Waals surface area contributed by atoms with E-state index in [1.54, 1.807) is 5.19 Å². The predicted octanol–water partition coefficient (Wildman–Crippen LogP) is -0.791. The second kappa shape index (κ2) is 10.2. The van der Waals surface area contributed by atoms with E-state index in [-0.39, 0.29) is 24.8 Å². The third-order valence-electron chi connectivity index (χ3n) is 6.74. The smallest absolute Gasteiger partial charge is 1.00 e. The molecule has 2 aliphatic carbocycles. The van der Waals surface area contributed by atoms with Gasteiger partial charge in [0.2, 0.25) is 0 Å². The zero-order chi connectivity index (χ0) is 22.7. The zero-order valence-corrected chi connectivity index (χ0v) is 26.7. The summed E-state index contributed by atoms with van der Waals surface area (Å²) in [5.41, 5.74) is 5.64. The summed E-state index contributed by atoms with van der Waals surface area (Å²) in [6.07, 6.45) is 7.75. The number of allylic oxidation sites excluding steroid dienone is 4. The number of benzene rings is 2. The van der Waals surface area contributed by atoms with Gasteiger partial charge in [-0.25, -0.2) is 0 Å². The van der Waals surface area contributed by atoms with Crippen LogP contribution in [-0.4, -0.2) is 16.4 Å². The van der Waals surface area contributed by atoms with E-state index in [0.717, 1.165) is 12.2 Å². The summed E-state index contributed by atoms with van der Waals surface area (Å²) < 4.78 is 8.16. The molecule has 0 heterocycles. The van der Waals surface area contributed by atoms with Gasteiger partial charge in [0.1, 0.15) is 0 Å². The van der Waals surface area contributed by atoms with Gasteiger partial charge in [0.25, 0.3) is 0 Å². The largest absolute Gasteiger partial charge is 1.00 e. The van der Waals surface area contributed by atoms with E-state index in [2.05, 4.69) is 89.6 Å². The number of rotatable bonds is 5. The van der Waals surface area contributed by atoms with Crippen LogP contribution in [0.15, 0.2) is 36.4 Å². The minimum absolute atomic E-state index is 0. The number of fused-ring (bicyclic) bond motifs is 2. The third-order valence-corrected chi connectivity index (χ3v) is 12.6. The molecule has 0 fully saturated rings. The predicted molar refractivity (Wildman–Crippen MR) is 136 cm³/mol. The van der Waals surface area contributed by atoms with Crippen molar-refractivity contribution < 1.29 is 54.0 Å². The Balaban J connectivity index is 0.00000193. The van der Waals surface area contributed by atoms with Crippen LogP contribution in [0.5, 0.6) is 5.75 Å². The standard InChI is InChI=1S/C27H33OSi2.2ClH.Zr/c1-9-30(7,8)27-19(3)18(2)24(20-13-10-11-14-20)22-17-21-15-12-16-23(25(21)26(22)27)28-29(4,5)6;;;/h10-13,15-16H,2,9,14H2,1,3-8H3;2*1H;/q;;;+2/p-2. The maximum Gasteiger partial charge on any atom is -1.00 e. The van der Waals surface area contributed by atoms with Gasteiger partial charge in [0, 0.05) is 0 Å². The number of halogens is 2. The minimum atomic E-state index is -1.74. The monoisotopic (exact) mass is 589 g/mol. The molecule has 0 atom stereocenters. The van der Waals surface area contributed by atoms with Gasteiger partial charge in [-0.1, -0.05) is 0 Å². The Labute approximate surface area is 228 Å². The third kappa shape index (κ3) is 4.89. The van der Waals surface area contributed by atoms with Crippen LogP contribution >= 0.6 is 0 Å². The van der Waals surface area contributed by atoms with Crippen LogP contribution in [0.25, 0.3) is 15.4 Å². The molecule has 0 saturated heterocycles. The molecule has 0 saturated carbocycles. The first-order chi connectivity index (χ1) is 14.5. The molecule has 0 aliphatic heterocycles. The zero-order valence-electron chi connectivity index (χ0n) is 20.7. The molecule has 0 amide bonds. The molecule has 2 aliphatic rings. The van der Waals surface area contributed by atoms with Gasteiger partial charge in [-0.3, -0.25) is 0 Å². The molecule has 1 nitrogen and oxygen atoms in total. The summed E-state index contributed by atoms with van der Waals surface area (Å²) >= 11 is 1.46. The van der Waals surface area contributed by atoms with E-state index in [0.29, 0.717) is 0 Å². The summed E-state index contributed by atoms with van der Waals surface area (Å²) in [6.45, 7) is 21.2. The van der Waals surface area contributed by atoms with E-state index in [1.165, 1.54) is 77.2 Å². The molecule has 173 valence electrons. The van der Waals surface area contributed by atoms with Gasteiger partial charge in [-0.2, -0.15) is 0 Å². The van der Waals surface area contributed by atoms with Crippen molar-refractivity contribution in [2.45, 2.75) is 59.0 Å². The molecular weight excluding hydrogens is 559 g/mol. The molecule has 0 spiro atoms. The molecule has 33 heavy (non-hydrogen) atoms. The van der Waals surface area contributed by atoms with Crippen molar-refractivity contribution in [1.82, 2.24) is 0 Å². The van der Waals surface area contributed by atoms with E-state index in [4.69, 9.17) is 4.43 Å². The van der Waals surface area contributed by atoms with Crippen LogP contribution < -0.4 is 44.9 Å². The van der Waals surface area contributed by atoms with E-state index in [9.17, 15) is 0 Å². The molecule has 0 N–H and O–H groups in total. The molecule has 0 bridgehead atoms. The molecule has 2 aromatic rings. The van der Waals surface area contributed by atoms with Crippen LogP contribution in [0.2, 0.25) is 38.8 Å². The fourth-order valence-corrected chi connectivity index (χ4v) is 9.39. The molecule has 6 heteroatoms. The Morgan fingerprint density at radius 3 is 2.24 bits per heavy atom. The van der Waals surface area contributed by atoms with E-state index in [1.807, 2.05) is 0 Å². The topological polar surface area (TPSA) is 9.23 Å². The van der Waals surface area contributed by atoms with Gasteiger partial charge >= 0.3 is 205 Å². The maximum absolute atomic E-state index is 6.69. The number of hydrogen-bond acceptors (Lipinski definition) is 1. The average molecular weight is 592 g/mol. The molecule has 0 unspecified atom stereocenters. The van der Waals surface area contributed by atoms with Crippen molar-refractivity contribution in [3.8, 4) is 5.75 Å². The average Bonchev–Trinajstić information content (AvgIpc) is 3.30. The first kappa shape index (κ1) is 28.6. The summed E-state index contributed by atoms with van der Waals surface area (Å²) in [6, 6.07) is 7.91. The van der Waals surface area contributed by atoms with E-state index >= 15 is 0 Å². The Morgan fingerprint density at radius 1 is 1.03 bits per heavy atom. The van der Waals surface area contributed by atoms with Gasteiger partial charge in [0.15, 0.2) is 0 Å². The maximum atomic E-state index is 6.69. The summed E-state index contributed by atoms with van der Waals surface area (Å²) in [4.78, 5) is 0.